The van der Waals surface area contributed by atoms with Crippen LogP contribution in [-0.4, -0.2) is 53.8 Å². The smallest absolute Gasteiger partial charge is 0.260 e. The summed E-state index contributed by atoms with van der Waals surface area (Å²) in [7, 11) is 0. The Morgan fingerprint density at radius 3 is 2.38 bits per heavy atom. The van der Waals surface area contributed by atoms with Crippen molar-refractivity contribution < 1.29 is 9.53 Å². The van der Waals surface area contributed by atoms with Gasteiger partial charge in [0.15, 0.2) is 18.1 Å². The van der Waals surface area contributed by atoms with Crippen molar-refractivity contribution in [2.24, 2.45) is 0 Å². The first-order valence-electron chi connectivity index (χ1n) is 8.53. The maximum absolute atomic E-state index is 12.4. The number of nitriles is 1. The number of ether oxygens (including phenoxy) is 1. The van der Waals surface area contributed by atoms with Crippen LogP contribution in [0.1, 0.15) is 16.8 Å². The van der Waals surface area contributed by atoms with E-state index in [2.05, 4.69) is 21.2 Å². The summed E-state index contributed by atoms with van der Waals surface area (Å²) in [6, 6.07) is 11.3. The zero-order chi connectivity index (χ0) is 18.5. The van der Waals surface area contributed by atoms with Gasteiger partial charge in [-0.2, -0.15) is 5.26 Å². The van der Waals surface area contributed by atoms with Crippen LogP contribution in [0.15, 0.2) is 30.3 Å². The van der Waals surface area contributed by atoms with Crippen LogP contribution in [0.4, 0.5) is 5.82 Å². The van der Waals surface area contributed by atoms with Gasteiger partial charge in [-0.3, -0.25) is 4.79 Å². The summed E-state index contributed by atoms with van der Waals surface area (Å²) < 4.78 is 5.66. The Hall–Kier alpha value is -3.14. The SMILES string of the molecule is Cc1cc(C)cc(OCC(=O)N2CCN(c3ccc(C#N)nn3)CC2)c1. The number of benzene rings is 1. The van der Waals surface area contributed by atoms with Gasteiger partial charge in [-0.1, -0.05) is 6.07 Å². The summed E-state index contributed by atoms with van der Waals surface area (Å²) in [6.07, 6.45) is 0. The van der Waals surface area contributed by atoms with E-state index in [1.807, 2.05) is 32.0 Å². The maximum atomic E-state index is 12.4. The summed E-state index contributed by atoms with van der Waals surface area (Å²) in [5.41, 5.74) is 2.53. The topological polar surface area (TPSA) is 82.4 Å². The number of rotatable bonds is 4. The molecule has 1 aliphatic heterocycles. The lowest BCUT2D eigenvalue weighted by Crippen LogP contribution is -2.50. The lowest BCUT2D eigenvalue weighted by molar-refractivity contribution is -0.133. The third-order valence-corrected chi connectivity index (χ3v) is 4.28. The van der Waals surface area contributed by atoms with Crippen molar-refractivity contribution in [2.75, 3.05) is 37.7 Å². The Labute approximate surface area is 152 Å². The molecule has 1 aromatic heterocycles. The van der Waals surface area contributed by atoms with Crippen molar-refractivity contribution in [3.63, 3.8) is 0 Å². The van der Waals surface area contributed by atoms with Gasteiger partial charge in [0.2, 0.25) is 0 Å². The van der Waals surface area contributed by atoms with Crippen LogP contribution in [0.5, 0.6) is 5.75 Å². The second-order valence-electron chi connectivity index (χ2n) is 6.37. The van der Waals surface area contributed by atoms with Crippen LogP contribution in [0.25, 0.3) is 0 Å². The molecule has 3 rings (SSSR count). The molecule has 1 saturated heterocycles. The van der Waals surface area contributed by atoms with Gasteiger partial charge in [0.05, 0.1) is 0 Å². The van der Waals surface area contributed by atoms with E-state index in [1.54, 1.807) is 17.0 Å². The molecule has 0 radical (unpaired) electrons. The average Bonchev–Trinajstić information content (AvgIpc) is 2.65. The van der Waals surface area contributed by atoms with Crippen molar-refractivity contribution in [3.8, 4) is 11.8 Å². The van der Waals surface area contributed by atoms with Gasteiger partial charge in [-0.15, -0.1) is 10.2 Å². The zero-order valence-corrected chi connectivity index (χ0v) is 15.0. The summed E-state index contributed by atoms with van der Waals surface area (Å²) in [5.74, 6) is 1.43. The van der Waals surface area contributed by atoms with Crippen LogP contribution in [0.3, 0.4) is 0 Å². The first-order valence-corrected chi connectivity index (χ1v) is 8.53. The van der Waals surface area contributed by atoms with E-state index in [0.29, 0.717) is 31.9 Å². The highest BCUT2D eigenvalue weighted by atomic mass is 16.5. The monoisotopic (exact) mass is 351 g/mol. The van der Waals surface area contributed by atoms with Crippen molar-refractivity contribution in [1.29, 1.82) is 5.26 Å². The van der Waals surface area contributed by atoms with Gasteiger partial charge >= 0.3 is 0 Å². The fraction of sp³-hybridized carbons (Fsp3) is 0.368. The highest BCUT2D eigenvalue weighted by molar-refractivity contribution is 5.78. The standard InChI is InChI=1S/C19H21N5O2/c1-14-9-15(2)11-17(10-14)26-13-19(25)24-7-5-23(6-8-24)18-4-3-16(12-20)21-22-18/h3-4,9-11H,5-8,13H2,1-2H3. The van der Waals surface area contributed by atoms with Gasteiger partial charge in [0.25, 0.3) is 5.91 Å². The molecule has 134 valence electrons. The molecule has 1 fully saturated rings. The first-order chi connectivity index (χ1) is 12.5. The van der Waals surface area contributed by atoms with Gasteiger partial charge in [-0.25, -0.2) is 0 Å². The predicted octanol–water partition coefficient (Wildman–Crippen LogP) is 1.69. The number of anilines is 1. The molecule has 0 N–H and O–H groups in total. The van der Waals surface area contributed by atoms with E-state index < -0.39 is 0 Å². The lowest BCUT2D eigenvalue weighted by Gasteiger charge is -2.35. The largest absolute Gasteiger partial charge is 0.484 e. The molecular weight excluding hydrogens is 330 g/mol. The number of amides is 1. The summed E-state index contributed by atoms with van der Waals surface area (Å²) >= 11 is 0. The molecule has 7 heteroatoms. The molecular formula is C19H21N5O2. The van der Waals surface area contributed by atoms with Crippen LogP contribution in [-0.2, 0) is 4.79 Å². The zero-order valence-electron chi connectivity index (χ0n) is 15.0. The third kappa shape index (κ3) is 4.28. The van der Waals surface area contributed by atoms with E-state index in [1.165, 1.54) is 0 Å². The van der Waals surface area contributed by atoms with E-state index >= 15 is 0 Å². The Balaban J connectivity index is 1.50. The molecule has 2 aromatic rings. The normalized spacial score (nSPS) is 14.0. The number of carbonyl (C=O) groups is 1. The van der Waals surface area contributed by atoms with Gasteiger partial charge in [0.1, 0.15) is 11.8 Å². The minimum Gasteiger partial charge on any atom is -0.484 e. The molecule has 0 saturated carbocycles. The molecule has 0 atom stereocenters. The Kier molecular flexibility index (Phi) is 5.32. The fourth-order valence-corrected chi connectivity index (χ4v) is 2.99. The second kappa shape index (κ2) is 7.83. The Morgan fingerprint density at radius 1 is 1.12 bits per heavy atom. The molecule has 2 heterocycles. The number of nitrogens with zero attached hydrogens (tertiary/aromatic N) is 5. The van der Waals surface area contributed by atoms with E-state index in [-0.39, 0.29) is 12.5 Å². The van der Waals surface area contributed by atoms with Gasteiger partial charge in [0, 0.05) is 26.2 Å². The Bertz CT molecular complexity index is 801. The van der Waals surface area contributed by atoms with Gasteiger partial charge in [-0.05, 0) is 49.2 Å². The van der Waals surface area contributed by atoms with Crippen LogP contribution < -0.4 is 9.64 Å². The maximum Gasteiger partial charge on any atom is 0.260 e. The quantitative estimate of drug-likeness (QED) is 0.834. The number of piperazine rings is 1. The van der Waals surface area contributed by atoms with Crippen LogP contribution in [0, 0.1) is 25.2 Å². The van der Waals surface area contributed by atoms with E-state index in [9.17, 15) is 4.79 Å². The molecule has 0 bridgehead atoms. The van der Waals surface area contributed by atoms with Gasteiger partial charge < -0.3 is 14.5 Å². The summed E-state index contributed by atoms with van der Waals surface area (Å²) in [6.45, 7) is 6.62. The first kappa shape index (κ1) is 17.7. The predicted molar refractivity (Wildman–Crippen MR) is 97.0 cm³/mol. The number of carbonyl (C=O) groups excluding carboxylic acids is 1. The summed E-state index contributed by atoms with van der Waals surface area (Å²) in [5, 5.41) is 16.7. The molecule has 26 heavy (non-hydrogen) atoms. The number of aryl methyl sites for hydroxylation is 2. The lowest BCUT2D eigenvalue weighted by atomic mass is 10.1. The molecule has 1 amide bonds. The van der Waals surface area contributed by atoms with Crippen molar-refractivity contribution >= 4 is 11.7 Å². The van der Waals surface area contributed by atoms with Crippen molar-refractivity contribution in [2.45, 2.75) is 13.8 Å². The molecule has 7 nitrogen and oxygen atoms in total. The van der Waals surface area contributed by atoms with Crippen LogP contribution >= 0.6 is 0 Å². The molecule has 0 unspecified atom stereocenters. The molecule has 0 aliphatic carbocycles. The van der Waals surface area contributed by atoms with Crippen LogP contribution in [0.2, 0.25) is 0 Å². The number of hydrogen-bond acceptors (Lipinski definition) is 6. The number of aromatic nitrogens is 2. The third-order valence-electron chi connectivity index (χ3n) is 4.28. The fourth-order valence-electron chi connectivity index (χ4n) is 2.99. The molecule has 0 spiro atoms. The summed E-state index contributed by atoms with van der Waals surface area (Å²) in [4.78, 5) is 16.2. The average molecular weight is 351 g/mol. The van der Waals surface area contributed by atoms with E-state index in [0.717, 1.165) is 22.7 Å². The molecule has 1 aliphatic rings. The second-order valence-corrected chi connectivity index (χ2v) is 6.37. The van der Waals surface area contributed by atoms with Crippen molar-refractivity contribution in [3.05, 3.63) is 47.2 Å². The number of hydrogen-bond donors (Lipinski definition) is 0. The highest BCUT2D eigenvalue weighted by Gasteiger charge is 2.22. The minimum absolute atomic E-state index is 0.0188. The van der Waals surface area contributed by atoms with E-state index in [4.69, 9.17) is 10.00 Å². The minimum atomic E-state index is -0.0188. The van der Waals surface area contributed by atoms with Crippen molar-refractivity contribution in [1.82, 2.24) is 15.1 Å². The highest BCUT2D eigenvalue weighted by Crippen LogP contribution is 2.17. The Morgan fingerprint density at radius 2 is 1.81 bits per heavy atom. The molecule has 1 aromatic carbocycles.